The molecule has 0 unspecified atom stereocenters. The second-order valence-electron chi connectivity index (χ2n) is 5.17. The number of carbonyl (C=O) groups is 3. The summed E-state index contributed by atoms with van der Waals surface area (Å²) in [6.45, 7) is 3.80. The standard InChI is InChI=1S/C17H20N2O6S2/c1-5-24-16(21)9-7-11(26-13(9)15(20)19(3)23-4)12-8-10(14(18)27-12)17(22)25-6-2/h7-8H,5-6,18H2,1-4H3. The lowest BCUT2D eigenvalue weighted by Gasteiger charge is -2.13. The van der Waals surface area contributed by atoms with Gasteiger partial charge in [-0.25, -0.2) is 14.7 Å². The summed E-state index contributed by atoms with van der Waals surface area (Å²) in [6.07, 6.45) is 0. The van der Waals surface area contributed by atoms with Gasteiger partial charge >= 0.3 is 11.9 Å². The molecule has 0 atom stereocenters. The number of hydrogen-bond acceptors (Lipinski definition) is 9. The summed E-state index contributed by atoms with van der Waals surface area (Å²) in [6, 6.07) is 3.15. The van der Waals surface area contributed by atoms with Gasteiger partial charge in [-0.3, -0.25) is 9.63 Å². The Morgan fingerprint density at radius 3 is 2.07 bits per heavy atom. The Labute approximate surface area is 164 Å². The Morgan fingerprint density at radius 2 is 1.52 bits per heavy atom. The number of nitrogen functional groups attached to an aromatic ring is 1. The molecule has 0 radical (unpaired) electrons. The quantitative estimate of drug-likeness (QED) is 0.550. The summed E-state index contributed by atoms with van der Waals surface area (Å²) in [5.41, 5.74) is 6.32. The number of amides is 1. The zero-order valence-corrected chi connectivity index (χ0v) is 17.0. The fraction of sp³-hybridized carbons (Fsp3) is 0.353. The van der Waals surface area contributed by atoms with E-state index in [1.807, 2.05) is 0 Å². The minimum atomic E-state index is -0.608. The molecule has 2 aromatic rings. The molecule has 0 saturated heterocycles. The first-order valence-corrected chi connectivity index (χ1v) is 9.67. The number of hydroxylamine groups is 2. The molecule has 27 heavy (non-hydrogen) atoms. The Balaban J connectivity index is 2.49. The summed E-state index contributed by atoms with van der Waals surface area (Å²) in [5.74, 6) is -1.61. The Hall–Kier alpha value is -2.43. The number of rotatable bonds is 7. The molecule has 0 bridgehead atoms. The molecule has 1 amide bonds. The molecule has 0 aliphatic heterocycles. The number of thiophene rings is 2. The molecule has 2 rings (SSSR count). The zero-order valence-electron chi connectivity index (χ0n) is 15.4. The summed E-state index contributed by atoms with van der Waals surface area (Å²) in [5, 5.41) is 1.32. The van der Waals surface area contributed by atoms with Crippen molar-refractivity contribution in [1.29, 1.82) is 0 Å². The van der Waals surface area contributed by atoms with Crippen molar-refractivity contribution in [2.24, 2.45) is 0 Å². The molecule has 2 N–H and O–H groups in total. The first kappa shape index (κ1) is 20.9. The lowest BCUT2D eigenvalue weighted by Crippen LogP contribution is -2.26. The maximum absolute atomic E-state index is 12.5. The summed E-state index contributed by atoms with van der Waals surface area (Å²) >= 11 is 2.27. The molecule has 0 fully saturated rings. The van der Waals surface area contributed by atoms with Gasteiger partial charge < -0.3 is 15.2 Å². The van der Waals surface area contributed by atoms with Crippen LogP contribution in [0.15, 0.2) is 12.1 Å². The van der Waals surface area contributed by atoms with Crippen molar-refractivity contribution in [2.45, 2.75) is 13.8 Å². The predicted octanol–water partition coefficient (Wildman–Crippen LogP) is 3.05. The van der Waals surface area contributed by atoms with Gasteiger partial charge in [0.2, 0.25) is 0 Å². The van der Waals surface area contributed by atoms with E-state index >= 15 is 0 Å². The Kier molecular flexibility index (Phi) is 6.94. The van der Waals surface area contributed by atoms with E-state index in [2.05, 4.69) is 0 Å². The molecule has 10 heteroatoms. The SMILES string of the molecule is CCOC(=O)c1cc(-c2cc(C(=O)OCC)c(C(=O)N(C)OC)s2)sc1N. The molecule has 8 nitrogen and oxygen atoms in total. The van der Waals surface area contributed by atoms with Crippen LogP contribution in [0.3, 0.4) is 0 Å². The fourth-order valence-electron chi connectivity index (χ4n) is 2.15. The van der Waals surface area contributed by atoms with Crippen LogP contribution in [-0.4, -0.2) is 50.3 Å². The molecule has 0 saturated carbocycles. The van der Waals surface area contributed by atoms with Crippen molar-refractivity contribution < 1.29 is 28.7 Å². The van der Waals surface area contributed by atoms with Gasteiger partial charge in [0.1, 0.15) is 9.88 Å². The number of nitrogens with two attached hydrogens (primary N) is 1. The van der Waals surface area contributed by atoms with Gasteiger partial charge in [-0.15, -0.1) is 22.7 Å². The normalized spacial score (nSPS) is 10.5. The van der Waals surface area contributed by atoms with Gasteiger partial charge in [0, 0.05) is 16.8 Å². The van der Waals surface area contributed by atoms with Crippen LogP contribution in [0, 0.1) is 0 Å². The van der Waals surface area contributed by atoms with Gasteiger partial charge in [-0.1, -0.05) is 0 Å². The van der Waals surface area contributed by atoms with Gasteiger partial charge in [-0.05, 0) is 26.0 Å². The minimum absolute atomic E-state index is 0.135. The number of ether oxygens (including phenoxy) is 2. The highest BCUT2D eigenvalue weighted by atomic mass is 32.1. The Bertz CT molecular complexity index is 858. The molecule has 146 valence electrons. The third kappa shape index (κ3) is 4.46. The lowest BCUT2D eigenvalue weighted by atomic mass is 10.2. The molecular formula is C17H20N2O6S2. The van der Waals surface area contributed by atoms with E-state index in [1.54, 1.807) is 26.0 Å². The average molecular weight is 412 g/mol. The fourth-order valence-corrected chi connectivity index (χ4v) is 4.25. The van der Waals surface area contributed by atoms with E-state index < -0.39 is 17.8 Å². The van der Waals surface area contributed by atoms with Crippen molar-refractivity contribution in [3.63, 3.8) is 0 Å². The van der Waals surface area contributed by atoms with E-state index in [1.165, 1.54) is 25.5 Å². The zero-order chi connectivity index (χ0) is 20.1. The maximum Gasteiger partial charge on any atom is 0.341 e. The van der Waals surface area contributed by atoms with E-state index in [-0.39, 0.29) is 29.2 Å². The molecular weight excluding hydrogens is 392 g/mol. The first-order chi connectivity index (χ1) is 12.8. The average Bonchev–Trinajstić information content (AvgIpc) is 3.24. The molecule has 0 spiro atoms. The van der Waals surface area contributed by atoms with Crippen LogP contribution in [0.25, 0.3) is 9.75 Å². The van der Waals surface area contributed by atoms with E-state index in [0.29, 0.717) is 14.8 Å². The van der Waals surface area contributed by atoms with Crippen molar-refractivity contribution >= 4 is 45.5 Å². The van der Waals surface area contributed by atoms with Crippen molar-refractivity contribution in [2.75, 3.05) is 33.1 Å². The van der Waals surface area contributed by atoms with Gasteiger partial charge in [0.05, 0.1) is 31.5 Å². The Morgan fingerprint density at radius 1 is 1.00 bits per heavy atom. The van der Waals surface area contributed by atoms with Crippen molar-refractivity contribution in [3.8, 4) is 9.75 Å². The number of carbonyl (C=O) groups excluding carboxylic acids is 3. The summed E-state index contributed by atoms with van der Waals surface area (Å²) in [4.78, 5) is 43.1. The monoisotopic (exact) mass is 412 g/mol. The second-order valence-corrected chi connectivity index (χ2v) is 7.30. The predicted molar refractivity (Wildman–Crippen MR) is 103 cm³/mol. The van der Waals surface area contributed by atoms with Crippen LogP contribution in [0.5, 0.6) is 0 Å². The van der Waals surface area contributed by atoms with Crippen LogP contribution in [0.1, 0.15) is 44.2 Å². The van der Waals surface area contributed by atoms with E-state index in [4.69, 9.17) is 20.0 Å². The number of hydrogen-bond donors (Lipinski definition) is 1. The largest absolute Gasteiger partial charge is 0.462 e. The van der Waals surface area contributed by atoms with Crippen LogP contribution in [0.4, 0.5) is 5.00 Å². The van der Waals surface area contributed by atoms with Crippen molar-refractivity contribution in [3.05, 3.63) is 28.1 Å². The molecule has 0 aliphatic rings. The van der Waals surface area contributed by atoms with E-state index in [0.717, 1.165) is 16.4 Å². The number of anilines is 1. The minimum Gasteiger partial charge on any atom is -0.462 e. The molecule has 2 aromatic heterocycles. The third-order valence-corrected chi connectivity index (χ3v) is 5.76. The van der Waals surface area contributed by atoms with Crippen molar-refractivity contribution in [1.82, 2.24) is 5.06 Å². The topological polar surface area (TPSA) is 108 Å². The molecule has 0 aromatic carbocycles. The van der Waals surface area contributed by atoms with Crippen LogP contribution < -0.4 is 5.73 Å². The number of nitrogens with zero attached hydrogens (tertiary/aromatic N) is 1. The first-order valence-electron chi connectivity index (χ1n) is 8.03. The number of esters is 2. The van der Waals surface area contributed by atoms with E-state index in [9.17, 15) is 14.4 Å². The van der Waals surface area contributed by atoms with Gasteiger partial charge in [0.25, 0.3) is 5.91 Å². The lowest BCUT2D eigenvalue weighted by molar-refractivity contribution is -0.0754. The molecule has 0 aliphatic carbocycles. The third-order valence-electron chi connectivity index (χ3n) is 3.48. The highest BCUT2D eigenvalue weighted by Crippen LogP contribution is 2.39. The summed E-state index contributed by atoms with van der Waals surface area (Å²) in [7, 11) is 2.79. The van der Waals surface area contributed by atoms with Crippen LogP contribution in [-0.2, 0) is 14.3 Å². The highest BCUT2D eigenvalue weighted by Gasteiger charge is 2.27. The maximum atomic E-state index is 12.5. The van der Waals surface area contributed by atoms with Crippen LogP contribution >= 0.6 is 22.7 Å². The second kappa shape index (κ2) is 8.98. The summed E-state index contributed by atoms with van der Waals surface area (Å²) < 4.78 is 10.0. The highest BCUT2D eigenvalue weighted by molar-refractivity contribution is 7.25. The van der Waals surface area contributed by atoms with Gasteiger partial charge in [0.15, 0.2) is 0 Å². The molecule has 2 heterocycles. The van der Waals surface area contributed by atoms with Gasteiger partial charge in [-0.2, -0.15) is 0 Å². The smallest absolute Gasteiger partial charge is 0.341 e. The van der Waals surface area contributed by atoms with Crippen LogP contribution in [0.2, 0.25) is 0 Å².